The highest BCUT2D eigenvalue weighted by Gasteiger charge is 2.13. The summed E-state index contributed by atoms with van der Waals surface area (Å²) in [5.74, 6) is 1.09. The number of benzene rings is 1. The van der Waals surface area contributed by atoms with Crippen molar-refractivity contribution in [3.05, 3.63) is 50.6 Å². The van der Waals surface area contributed by atoms with Gasteiger partial charge in [-0.1, -0.05) is 18.2 Å². The summed E-state index contributed by atoms with van der Waals surface area (Å²) in [5.41, 5.74) is 1.02. The molecule has 0 fully saturated rings. The van der Waals surface area contributed by atoms with Gasteiger partial charge in [-0.15, -0.1) is 11.3 Å². The average molecular weight is 410 g/mol. The number of carbonyl (C=O) groups is 1. The zero-order valence-electron chi connectivity index (χ0n) is 13.9. The molecule has 1 aromatic carbocycles. The Balaban J connectivity index is 1.95. The van der Waals surface area contributed by atoms with Gasteiger partial charge in [0.15, 0.2) is 18.1 Å². The molecule has 0 atom stereocenters. The molecule has 4 nitrogen and oxygen atoms in total. The Morgan fingerprint density at radius 2 is 2.08 bits per heavy atom. The third kappa shape index (κ3) is 5.11. The Hall–Kier alpha value is -1.79. The third-order valence-corrected chi connectivity index (χ3v) is 4.95. The van der Waals surface area contributed by atoms with Crippen molar-refractivity contribution in [2.24, 2.45) is 0 Å². The molecule has 0 aliphatic carbocycles. The first-order valence-corrected chi connectivity index (χ1v) is 9.06. The fourth-order valence-electron chi connectivity index (χ4n) is 2.11. The van der Waals surface area contributed by atoms with E-state index in [2.05, 4.69) is 15.9 Å². The zero-order valence-corrected chi connectivity index (χ0v) is 16.3. The number of hydrogen-bond acceptors (Lipinski definition) is 4. The van der Waals surface area contributed by atoms with Crippen molar-refractivity contribution in [2.45, 2.75) is 13.5 Å². The van der Waals surface area contributed by atoms with Crippen LogP contribution in [-0.4, -0.2) is 31.6 Å². The predicted octanol–water partition coefficient (Wildman–Crippen LogP) is 4.59. The van der Waals surface area contributed by atoms with Crippen LogP contribution >= 0.6 is 27.3 Å². The molecule has 0 N–H and O–H groups in total. The summed E-state index contributed by atoms with van der Waals surface area (Å²) in [6, 6.07) is 9.61. The molecule has 2 rings (SSSR count). The number of nitrogens with zero attached hydrogens (tertiary/aromatic N) is 1. The van der Waals surface area contributed by atoms with Crippen LogP contribution in [0.2, 0.25) is 0 Å². The first-order chi connectivity index (χ1) is 11.5. The van der Waals surface area contributed by atoms with Gasteiger partial charge < -0.3 is 14.4 Å². The Morgan fingerprint density at radius 1 is 1.29 bits per heavy atom. The molecule has 6 heteroatoms. The van der Waals surface area contributed by atoms with Crippen LogP contribution in [0.3, 0.4) is 0 Å². The number of likely N-dealkylation sites (N-methyl/N-ethyl adjacent to an activating group) is 1. The smallest absolute Gasteiger partial charge is 0.260 e. The van der Waals surface area contributed by atoms with E-state index in [1.165, 1.54) is 0 Å². The van der Waals surface area contributed by atoms with E-state index in [-0.39, 0.29) is 12.5 Å². The summed E-state index contributed by atoms with van der Waals surface area (Å²) in [7, 11) is 3.36. The second-order valence-corrected chi connectivity index (χ2v) is 7.70. The lowest BCUT2D eigenvalue weighted by atomic mass is 10.2. The molecule has 24 heavy (non-hydrogen) atoms. The number of allylic oxidation sites excluding steroid dienone is 1. The topological polar surface area (TPSA) is 38.8 Å². The van der Waals surface area contributed by atoms with Gasteiger partial charge in [0.1, 0.15) is 0 Å². The lowest BCUT2D eigenvalue weighted by molar-refractivity contribution is -0.132. The van der Waals surface area contributed by atoms with Gasteiger partial charge in [0.05, 0.1) is 17.4 Å². The maximum absolute atomic E-state index is 12.2. The summed E-state index contributed by atoms with van der Waals surface area (Å²) >= 11 is 5.04. The minimum absolute atomic E-state index is 0.0254. The standard InChI is InChI=1S/C18H20BrNO3S/c1-4-5-13-6-8-15(16(10-13)22-3)23-12-18(21)20(2)11-14-7-9-17(19)24-14/h4-10H,11-12H2,1-3H3/b5-4+. The lowest BCUT2D eigenvalue weighted by Crippen LogP contribution is -2.30. The normalized spacial score (nSPS) is 10.8. The molecule has 0 aliphatic rings. The molecule has 1 aromatic heterocycles. The van der Waals surface area contributed by atoms with Gasteiger partial charge in [0.25, 0.3) is 5.91 Å². The highest BCUT2D eigenvalue weighted by Crippen LogP contribution is 2.28. The van der Waals surface area contributed by atoms with E-state index in [0.29, 0.717) is 18.0 Å². The van der Waals surface area contributed by atoms with Crippen molar-refractivity contribution in [1.29, 1.82) is 0 Å². The second kappa shape index (κ2) is 8.89. The molecule has 0 bridgehead atoms. The molecule has 128 valence electrons. The van der Waals surface area contributed by atoms with Crippen LogP contribution in [-0.2, 0) is 11.3 Å². The second-order valence-electron chi connectivity index (χ2n) is 5.15. The monoisotopic (exact) mass is 409 g/mol. The Bertz CT molecular complexity index is 727. The van der Waals surface area contributed by atoms with Gasteiger partial charge in [0.2, 0.25) is 0 Å². The van der Waals surface area contributed by atoms with Crippen LogP contribution in [0.1, 0.15) is 17.4 Å². The van der Waals surface area contributed by atoms with E-state index in [1.807, 2.05) is 49.4 Å². The van der Waals surface area contributed by atoms with Crippen molar-refractivity contribution < 1.29 is 14.3 Å². The molecule has 2 aromatic rings. The number of hydrogen-bond donors (Lipinski definition) is 0. The molecule has 1 amide bonds. The fraction of sp³-hybridized carbons (Fsp3) is 0.278. The molecule has 1 heterocycles. The molecule has 0 unspecified atom stereocenters. The molecule has 0 saturated heterocycles. The minimum atomic E-state index is -0.0842. The van der Waals surface area contributed by atoms with Gasteiger partial charge in [-0.3, -0.25) is 4.79 Å². The number of amides is 1. The highest BCUT2D eigenvalue weighted by molar-refractivity contribution is 9.11. The van der Waals surface area contributed by atoms with Gasteiger partial charge >= 0.3 is 0 Å². The number of methoxy groups -OCH3 is 1. The summed E-state index contributed by atoms with van der Waals surface area (Å²) in [4.78, 5) is 15.0. The maximum atomic E-state index is 12.2. The van der Waals surface area contributed by atoms with E-state index in [0.717, 1.165) is 14.2 Å². The molecule has 0 spiro atoms. The Morgan fingerprint density at radius 3 is 2.71 bits per heavy atom. The molecule has 0 aliphatic heterocycles. The fourth-order valence-corrected chi connectivity index (χ4v) is 3.64. The summed E-state index contributed by atoms with van der Waals surface area (Å²) < 4.78 is 12.0. The predicted molar refractivity (Wildman–Crippen MR) is 102 cm³/mol. The SMILES string of the molecule is C/C=C/c1ccc(OCC(=O)N(C)Cc2ccc(Br)s2)c(OC)c1. The van der Waals surface area contributed by atoms with Gasteiger partial charge in [-0.05, 0) is 52.7 Å². The van der Waals surface area contributed by atoms with E-state index in [4.69, 9.17) is 9.47 Å². The maximum Gasteiger partial charge on any atom is 0.260 e. The van der Waals surface area contributed by atoms with Gasteiger partial charge in [-0.2, -0.15) is 0 Å². The molecular formula is C18H20BrNO3S. The molecule has 0 radical (unpaired) electrons. The summed E-state index contributed by atoms with van der Waals surface area (Å²) in [6.45, 7) is 2.50. The molecular weight excluding hydrogens is 390 g/mol. The van der Waals surface area contributed by atoms with Crippen LogP contribution in [0.5, 0.6) is 11.5 Å². The van der Waals surface area contributed by atoms with Crippen molar-refractivity contribution in [3.8, 4) is 11.5 Å². The zero-order chi connectivity index (χ0) is 17.5. The first-order valence-electron chi connectivity index (χ1n) is 7.45. The number of halogens is 1. The van der Waals surface area contributed by atoms with Crippen molar-refractivity contribution in [3.63, 3.8) is 0 Å². The quantitative estimate of drug-likeness (QED) is 0.670. The van der Waals surface area contributed by atoms with E-state index >= 15 is 0 Å². The lowest BCUT2D eigenvalue weighted by Gasteiger charge is -2.17. The largest absolute Gasteiger partial charge is 0.493 e. The van der Waals surface area contributed by atoms with Crippen molar-refractivity contribution >= 4 is 39.2 Å². The van der Waals surface area contributed by atoms with E-state index in [1.54, 1.807) is 30.4 Å². The summed E-state index contributed by atoms with van der Waals surface area (Å²) in [6.07, 6.45) is 3.93. The van der Waals surface area contributed by atoms with Crippen LogP contribution in [0.4, 0.5) is 0 Å². The van der Waals surface area contributed by atoms with Crippen LogP contribution < -0.4 is 9.47 Å². The van der Waals surface area contributed by atoms with Gasteiger partial charge in [-0.25, -0.2) is 0 Å². The third-order valence-electron chi connectivity index (χ3n) is 3.35. The van der Waals surface area contributed by atoms with Crippen molar-refractivity contribution in [2.75, 3.05) is 20.8 Å². The number of thiophene rings is 1. The van der Waals surface area contributed by atoms with Crippen LogP contribution in [0.25, 0.3) is 6.08 Å². The minimum Gasteiger partial charge on any atom is -0.493 e. The number of ether oxygens (including phenoxy) is 2. The Labute approximate surface area is 154 Å². The average Bonchev–Trinajstić information content (AvgIpc) is 2.98. The van der Waals surface area contributed by atoms with Gasteiger partial charge in [0, 0.05) is 11.9 Å². The number of carbonyl (C=O) groups excluding carboxylic acids is 1. The highest BCUT2D eigenvalue weighted by atomic mass is 79.9. The Kier molecular flexibility index (Phi) is 6.87. The molecule has 0 saturated carbocycles. The van der Waals surface area contributed by atoms with Crippen LogP contribution in [0.15, 0.2) is 40.2 Å². The first kappa shape index (κ1) is 18.5. The number of rotatable bonds is 7. The van der Waals surface area contributed by atoms with E-state index < -0.39 is 0 Å². The van der Waals surface area contributed by atoms with Crippen LogP contribution in [0, 0.1) is 0 Å². The van der Waals surface area contributed by atoms with Crippen molar-refractivity contribution in [1.82, 2.24) is 4.90 Å². The summed E-state index contributed by atoms with van der Waals surface area (Å²) in [5, 5.41) is 0. The van der Waals surface area contributed by atoms with E-state index in [9.17, 15) is 4.79 Å².